The smallest absolute Gasteiger partial charge is 0.548 e. The Bertz CT molecular complexity index is 302. The van der Waals surface area contributed by atoms with Crippen LogP contribution < -0.4 is 40.4 Å². The second-order valence-electron chi connectivity index (χ2n) is 2.76. The standard InChI is InChI=1S/C9H10FNO2.Na/c10-7-3-1-6(2-4-7)5-8(11)9(12)13;/h1-4,8H,5,11H2,(H,12,13);/q;+1/p-1/t8-;/m0./s1. The fourth-order valence-corrected chi connectivity index (χ4v) is 0.958. The Hall–Kier alpha value is -0.420. The van der Waals surface area contributed by atoms with Gasteiger partial charge in [-0.3, -0.25) is 0 Å². The average Bonchev–Trinajstić information content (AvgIpc) is 2.08. The maximum absolute atomic E-state index is 12.4. The van der Waals surface area contributed by atoms with Crippen LogP contribution in [0.25, 0.3) is 0 Å². The van der Waals surface area contributed by atoms with Crippen molar-refractivity contribution in [3.8, 4) is 0 Å². The third kappa shape index (κ3) is 4.19. The first-order valence-electron chi connectivity index (χ1n) is 3.80. The van der Waals surface area contributed by atoms with Crippen LogP contribution in [0.15, 0.2) is 24.3 Å². The van der Waals surface area contributed by atoms with E-state index in [1.807, 2.05) is 0 Å². The molecule has 0 heterocycles. The van der Waals surface area contributed by atoms with Gasteiger partial charge in [0.2, 0.25) is 0 Å². The predicted molar refractivity (Wildman–Crippen MR) is 43.1 cm³/mol. The van der Waals surface area contributed by atoms with Gasteiger partial charge < -0.3 is 15.6 Å². The van der Waals surface area contributed by atoms with Gasteiger partial charge in [-0.15, -0.1) is 0 Å². The Balaban J connectivity index is 0.00000169. The van der Waals surface area contributed by atoms with Crippen LogP contribution in [0.4, 0.5) is 4.39 Å². The van der Waals surface area contributed by atoms with Gasteiger partial charge in [-0.05, 0) is 24.1 Å². The summed E-state index contributed by atoms with van der Waals surface area (Å²) in [7, 11) is 0. The summed E-state index contributed by atoms with van der Waals surface area (Å²) in [5, 5.41) is 10.3. The van der Waals surface area contributed by atoms with Gasteiger partial charge in [0.15, 0.2) is 0 Å². The molecule has 1 aromatic rings. The molecule has 0 saturated carbocycles. The fourth-order valence-electron chi connectivity index (χ4n) is 0.958. The van der Waals surface area contributed by atoms with Gasteiger partial charge in [-0.2, -0.15) is 0 Å². The number of aliphatic carboxylic acids is 1. The van der Waals surface area contributed by atoms with Crippen LogP contribution in [0, 0.1) is 5.82 Å². The van der Waals surface area contributed by atoms with Crippen LogP contribution in [0.1, 0.15) is 5.56 Å². The van der Waals surface area contributed by atoms with Crippen molar-refractivity contribution in [2.75, 3.05) is 0 Å². The Labute approximate surface area is 103 Å². The quantitative estimate of drug-likeness (QED) is 0.519. The maximum Gasteiger partial charge on any atom is 1.00 e. The number of benzene rings is 1. The third-order valence-corrected chi connectivity index (χ3v) is 1.67. The molecule has 0 saturated heterocycles. The van der Waals surface area contributed by atoms with Crippen LogP contribution in [0.2, 0.25) is 0 Å². The molecule has 0 fully saturated rings. The number of carboxylic acid groups (broad SMARTS) is 1. The van der Waals surface area contributed by atoms with Crippen molar-refractivity contribution in [2.24, 2.45) is 5.73 Å². The summed E-state index contributed by atoms with van der Waals surface area (Å²) < 4.78 is 12.4. The van der Waals surface area contributed by atoms with Gasteiger partial charge in [0, 0.05) is 6.04 Å². The van der Waals surface area contributed by atoms with Crippen LogP contribution in [-0.2, 0) is 11.2 Å². The number of rotatable bonds is 3. The van der Waals surface area contributed by atoms with Crippen molar-refractivity contribution in [1.29, 1.82) is 0 Å². The van der Waals surface area contributed by atoms with Crippen molar-refractivity contribution >= 4 is 5.97 Å². The van der Waals surface area contributed by atoms with Gasteiger partial charge in [-0.25, -0.2) is 4.39 Å². The molecule has 3 nitrogen and oxygen atoms in total. The summed E-state index contributed by atoms with van der Waals surface area (Å²) in [6, 6.07) is 4.48. The molecule has 0 aliphatic heterocycles. The number of carbonyl (C=O) groups is 1. The molecule has 0 aliphatic rings. The first-order valence-corrected chi connectivity index (χ1v) is 3.80. The molecular formula is C9H9FNNaO2. The van der Waals surface area contributed by atoms with Crippen LogP contribution in [0.3, 0.4) is 0 Å². The fraction of sp³-hybridized carbons (Fsp3) is 0.222. The predicted octanol–water partition coefficient (Wildman–Crippen LogP) is -3.55. The van der Waals surface area contributed by atoms with E-state index in [1.54, 1.807) is 0 Å². The van der Waals surface area contributed by atoms with Crippen molar-refractivity contribution in [2.45, 2.75) is 12.5 Å². The molecule has 14 heavy (non-hydrogen) atoms. The normalized spacial score (nSPS) is 11.6. The largest absolute Gasteiger partial charge is 1.00 e. The van der Waals surface area contributed by atoms with E-state index in [0.29, 0.717) is 5.56 Å². The first-order chi connectivity index (χ1) is 6.09. The Morgan fingerprint density at radius 2 is 1.93 bits per heavy atom. The molecule has 5 heteroatoms. The summed E-state index contributed by atoms with van der Waals surface area (Å²) in [4.78, 5) is 10.3. The summed E-state index contributed by atoms with van der Waals surface area (Å²) in [5.41, 5.74) is 5.91. The molecule has 2 N–H and O–H groups in total. The minimum Gasteiger partial charge on any atom is -0.548 e. The van der Waals surface area contributed by atoms with Crippen LogP contribution in [-0.4, -0.2) is 12.0 Å². The summed E-state index contributed by atoms with van der Waals surface area (Å²) in [5.74, 6) is -1.66. The minimum atomic E-state index is -1.30. The third-order valence-electron chi connectivity index (χ3n) is 1.67. The molecule has 0 aliphatic carbocycles. The number of carboxylic acids is 1. The van der Waals surface area contributed by atoms with Crippen LogP contribution >= 0.6 is 0 Å². The molecule has 0 amide bonds. The number of carbonyl (C=O) groups excluding carboxylic acids is 1. The summed E-state index contributed by atoms with van der Waals surface area (Å²) in [6.07, 6.45) is 0.155. The van der Waals surface area contributed by atoms with E-state index in [4.69, 9.17) is 5.73 Å². The van der Waals surface area contributed by atoms with E-state index in [1.165, 1.54) is 24.3 Å². The van der Waals surface area contributed by atoms with Crippen molar-refractivity contribution in [1.82, 2.24) is 0 Å². The zero-order chi connectivity index (χ0) is 9.84. The van der Waals surface area contributed by atoms with Crippen molar-refractivity contribution < 1.29 is 43.8 Å². The Morgan fingerprint density at radius 1 is 1.43 bits per heavy atom. The zero-order valence-electron chi connectivity index (χ0n) is 7.87. The first kappa shape index (κ1) is 13.6. The Kier molecular flexibility index (Phi) is 5.95. The van der Waals surface area contributed by atoms with E-state index in [0.717, 1.165) is 0 Å². The number of hydrogen-bond donors (Lipinski definition) is 1. The average molecular weight is 205 g/mol. The van der Waals surface area contributed by atoms with E-state index in [2.05, 4.69) is 0 Å². The van der Waals surface area contributed by atoms with E-state index in [9.17, 15) is 14.3 Å². The van der Waals surface area contributed by atoms with Crippen molar-refractivity contribution in [3.05, 3.63) is 35.6 Å². The second-order valence-corrected chi connectivity index (χ2v) is 2.76. The molecule has 0 bridgehead atoms. The van der Waals surface area contributed by atoms with Gasteiger partial charge in [0.1, 0.15) is 5.82 Å². The number of halogens is 1. The molecular weight excluding hydrogens is 196 g/mol. The van der Waals surface area contributed by atoms with Gasteiger partial charge in [-0.1, -0.05) is 12.1 Å². The maximum atomic E-state index is 12.4. The molecule has 0 radical (unpaired) electrons. The van der Waals surface area contributed by atoms with Crippen LogP contribution in [0.5, 0.6) is 0 Å². The monoisotopic (exact) mass is 205 g/mol. The summed E-state index contributed by atoms with van der Waals surface area (Å²) in [6.45, 7) is 0. The van der Waals surface area contributed by atoms with Gasteiger partial charge in [0.25, 0.3) is 0 Å². The molecule has 1 rings (SSSR count). The SMILES string of the molecule is N[C@@H](Cc1ccc(F)cc1)C(=O)[O-].[Na+]. The molecule has 0 aromatic heterocycles. The van der Waals surface area contributed by atoms with E-state index >= 15 is 0 Å². The van der Waals surface area contributed by atoms with E-state index < -0.39 is 12.0 Å². The van der Waals surface area contributed by atoms with Gasteiger partial charge >= 0.3 is 29.6 Å². The van der Waals surface area contributed by atoms with Gasteiger partial charge in [0.05, 0.1) is 5.97 Å². The molecule has 0 unspecified atom stereocenters. The Morgan fingerprint density at radius 3 is 2.36 bits per heavy atom. The minimum absolute atomic E-state index is 0. The molecule has 1 atom stereocenters. The van der Waals surface area contributed by atoms with Crippen molar-refractivity contribution in [3.63, 3.8) is 0 Å². The number of nitrogens with two attached hydrogens (primary N) is 1. The summed E-state index contributed by atoms with van der Waals surface area (Å²) >= 11 is 0. The number of hydrogen-bond acceptors (Lipinski definition) is 3. The molecule has 1 aromatic carbocycles. The molecule has 70 valence electrons. The zero-order valence-corrected chi connectivity index (χ0v) is 9.87. The topological polar surface area (TPSA) is 66.2 Å². The molecule has 0 spiro atoms. The second kappa shape index (κ2) is 6.14. The van der Waals surface area contributed by atoms with E-state index in [-0.39, 0.29) is 41.8 Å².